The van der Waals surface area contributed by atoms with Gasteiger partial charge in [-0.05, 0) is 54.8 Å². The molecule has 0 spiro atoms. The largest absolute Gasteiger partial charge is 0.416 e. The number of alkyl halides is 3. The fraction of sp³-hybridized carbons (Fsp3) is 0.217. The predicted octanol–water partition coefficient (Wildman–Crippen LogP) is 4.48. The van der Waals surface area contributed by atoms with Gasteiger partial charge in [0.05, 0.1) is 5.56 Å². The van der Waals surface area contributed by atoms with Gasteiger partial charge in [-0.1, -0.05) is 12.1 Å². The summed E-state index contributed by atoms with van der Waals surface area (Å²) in [7, 11) is 0. The number of aromatic nitrogens is 2. The third-order valence-electron chi connectivity index (χ3n) is 5.29. The highest BCUT2D eigenvalue weighted by Gasteiger charge is 2.32. The topological polar surface area (TPSA) is 87.2 Å². The summed E-state index contributed by atoms with van der Waals surface area (Å²) in [6, 6.07) is 10.1. The molecule has 7 nitrogen and oxygen atoms in total. The van der Waals surface area contributed by atoms with Gasteiger partial charge in [0, 0.05) is 35.9 Å². The summed E-state index contributed by atoms with van der Waals surface area (Å²) >= 11 is 0. The van der Waals surface area contributed by atoms with Crippen molar-refractivity contribution in [3.05, 3.63) is 72.8 Å². The Balaban J connectivity index is 1.38. The van der Waals surface area contributed by atoms with Gasteiger partial charge in [0.25, 0.3) is 0 Å². The lowest BCUT2D eigenvalue weighted by molar-refractivity contribution is -0.137. The molecule has 33 heavy (non-hydrogen) atoms. The van der Waals surface area contributed by atoms with Crippen LogP contribution in [-0.4, -0.2) is 34.5 Å². The summed E-state index contributed by atoms with van der Waals surface area (Å²) in [6.45, 7) is 0.519. The van der Waals surface area contributed by atoms with Crippen LogP contribution in [0.5, 0.6) is 0 Å². The normalized spacial score (nSPS) is 16.4. The zero-order valence-corrected chi connectivity index (χ0v) is 17.3. The van der Waals surface area contributed by atoms with Crippen LogP contribution in [-0.2, 0) is 11.0 Å². The third-order valence-corrected chi connectivity index (χ3v) is 5.29. The maximum atomic E-state index is 13.0. The summed E-state index contributed by atoms with van der Waals surface area (Å²) in [5, 5.41) is 5.09. The number of benzene rings is 2. The van der Waals surface area contributed by atoms with Crippen LogP contribution in [0.25, 0.3) is 11.1 Å². The lowest BCUT2D eigenvalue weighted by atomic mass is 10.0. The molecule has 3 aromatic rings. The van der Waals surface area contributed by atoms with E-state index in [0.717, 1.165) is 35.4 Å². The summed E-state index contributed by atoms with van der Waals surface area (Å²) in [6.07, 6.45) is 1.55. The van der Waals surface area contributed by atoms with Gasteiger partial charge in [0.15, 0.2) is 0 Å². The summed E-state index contributed by atoms with van der Waals surface area (Å²) < 4.78 is 38.0. The number of halogens is 3. The molecule has 1 saturated heterocycles. The lowest BCUT2D eigenvalue weighted by Crippen LogP contribution is -2.53. The molecule has 0 radical (unpaired) electrons. The fourth-order valence-corrected chi connectivity index (χ4v) is 3.62. The highest BCUT2D eigenvalue weighted by Crippen LogP contribution is 2.30. The van der Waals surface area contributed by atoms with E-state index in [1.165, 1.54) is 6.33 Å². The molecule has 0 bridgehead atoms. The number of nitrogens with one attached hydrogen (secondary N) is 2. The predicted molar refractivity (Wildman–Crippen MR) is 116 cm³/mol. The Bertz CT molecular complexity index is 1120. The first-order valence-electron chi connectivity index (χ1n) is 10.2. The van der Waals surface area contributed by atoms with Gasteiger partial charge in [0.2, 0.25) is 5.91 Å². The van der Waals surface area contributed by atoms with Crippen molar-refractivity contribution < 1.29 is 22.8 Å². The average Bonchev–Trinajstić information content (AvgIpc) is 2.81. The number of rotatable bonds is 4. The molecule has 170 valence electrons. The standard InChI is InChI=1S/C23H20F3N5O2/c24-23(25,26)17-5-7-18(8-6-17)29-22(33)30-20-2-1-11-31(21(20)32)19-9-3-15(4-10-19)16-12-27-14-28-13-16/h3-10,12-14,20H,1-2,11H2,(H2,29,30,33)/t20-/m1/s1. The Labute approximate surface area is 187 Å². The SMILES string of the molecule is O=C(Nc1ccc(C(F)(F)F)cc1)N[C@@H]1CCCN(c2ccc(-c3cncnc3)cc2)C1=O. The smallest absolute Gasteiger partial charge is 0.326 e. The van der Waals surface area contributed by atoms with E-state index in [1.54, 1.807) is 17.3 Å². The van der Waals surface area contributed by atoms with Crippen molar-refractivity contribution in [2.24, 2.45) is 0 Å². The van der Waals surface area contributed by atoms with Crippen LogP contribution in [0, 0.1) is 0 Å². The second kappa shape index (κ2) is 9.27. The molecule has 2 heterocycles. The minimum Gasteiger partial charge on any atom is -0.326 e. The van der Waals surface area contributed by atoms with E-state index in [0.29, 0.717) is 25.1 Å². The van der Waals surface area contributed by atoms with Gasteiger partial charge in [0.1, 0.15) is 12.4 Å². The summed E-state index contributed by atoms with van der Waals surface area (Å²) in [5.41, 5.74) is 1.86. The minimum atomic E-state index is -4.45. The number of piperidine rings is 1. The monoisotopic (exact) mass is 455 g/mol. The van der Waals surface area contributed by atoms with Crippen LogP contribution >= 0.6 is 0 Å². The van der Waals surface area contributed by atoms with Crippen molar-refractivity contribution >= 4 is 23.3 Å². The number of carbonyl (C=O) groups excluding carboxylic acids is 2. The van der Waals surface area contributed by atoms with Crippen molar-refractivity contribution in [2.45, 2.75) is 25.1 Å². The molecule has 1 fully saturated rings. The van der Waals surface area contributed by atoms with Gasteiger partial charge in [-0.25, -0.2) is 14.8 Å². The molecular weight excluding hydrogens is 435 g/mol. The number of nitrogens with zero attached hydrogens (tertiary/aromatic N) is 3. The maximum absolute atomic E-state index is 13.0. The number of hydrogen-bond donors (Lipinski definition) is 2. The molecule has 1 aromatic heterocycles. The van der Waals surface area contributed by atoms with Crippen LogP contribution in [0.2, 0.25) is 0 Å². The van der Waals surface area contributed by atoms with E-state index in [-0.39, 0.29) is 11.6 Å². The molecule has 1 atom stereocenters. The minimum absolute atomic E-state index is 0.195. The summed E-state index contributed by atoms with van der Waals surface area (Å²) in [4.78, 5) is 34.9. The van der Waals surface area contributed by atoms with E-state index in [1.807, 2.05) is 24.3 Å². The van der Waals surface area contributed by atoms with E-state index in [4.69, 9.17) is 0 Å². The quantitative estimate of drug-likeness (QED) is 0.607. The second-order valence-corrected chi connectivity index (χ2v) is 7.53. The van der Waals surface area contributed by atoms with E-state index in [2.05, 4.69) is 20.6 Å². The van der Waals surface area contributed by atoms with Crippen molar-refractivity contribution in [1.82, 2.24) is 15.3 Å². The number of urea groups is 1. The molecule has 4 rings (SSSR count). The second-order valence-electron chi connectivity index (χ2n) is 7.53. The first-order chi connectivity index (χ1) is 15.8. The highest BCUT2D eigenvalue weighted by molar-refractivity contribution is 6.01. The first kappa shape index (κ1) is 22.3. The molecular formula is C23H20F3N5O2. The zero-order valence-electron chi connectivity index (χ0n) is 17.3. The lowest BCUT2D eigenvalue weighted by Gasteiger charge is -2.32. The zero-order chi connectivity index (χ0) is 23.4. The van der Waals surface area contributed by atoms with Crippen molar-refractivity contribution in [3.8, 4) is 11.1 Å². The van der Waals surface area contributed by atoms with E-state index in [9.17, 15) is 22.8 Å². The fourth-order valence-electron chi connectivity index (χ4n) is 3.62. The van der Waals surface area contributed by atoms with Gasteiger partial charge < -0.3 is 15.5 Å². The number of carbonyl (C=O) groups is 2. The first-order valence-corrected chi connectivity index (χ1v) is 10.2. The Kier molecular flexibility index (Phi) is 6.25. The Morgan fingerprint density at radius 3 is 2.27 bits per heavy atom. The molecule has 10 heteroatoms. The average molecular weight is 455 g/mol. The van der Waals surface area contributed by atoms with Crippen molar-refractivity contribution in [3.63, 3.8) is 0 Å². The van der Waals surface area contributed by atoms with Gasteiger partial charge in [-0.15, -0.1) is 0 Å². The number of amides is 3. The number of hydrogen-bond acceptors (Lipinski definition) is 4. The Hall–Kier alpha value is -3.95. The number of anilines is 2. The van der Waals surface area contributed by atoms with Crippen LogP contribution < -0.4 is 15.5 Å². The molecule has 0 unspecified atom stereocenters. The van der Waals surface area contributed by atoms with Crippen molar-refractivity contribution in [2.75, 3.05) is 16.8 Å². The van der Waals surface area contributed by atoms with Crippen LogP contribution in [0.4, 0.5) is 29.3 Å². The van der Waals surface area contributed by atoms with Gasteiger partial charge in [-0.2, -0.15) is 13.2 Å². The molecule has 1 aliphatic rings. The third kappa shape index (κ3) is 5.28. The molecule has 0 aliphatic carbocycles. The van der Waals surface area contributed by atoms with Gasteiger partial charge >= 0.3 is 12.2 Å². The van der Waals surface area contributed by atoms with Crippen molar-refractivity contribution in [1.29, 1.82) is 0 Å². The molecule has 2 aromatic carbocycles. The summed E-state index contributed by atoms with van der Waals surface area (Å²) in [5.74, 6) is -0.250. The molecule has 3 amide bonds. The highest BCUT2D eigenvalue weighted by atomic mass is 19.4. The van der Waals surface area contributed by atoms with E-state index >= 15 is 0 Å². The Morgan fingerprint density at radius 2 is 1.64 bits per heavy atom. The van der Waals surface area contributed by atoms with E-state index < -0.39 is 23.8 Å². The molecule has 2 N–H and O–H groups in total. The van der Waals surface area contributed by atoms with Crippen LogP contribution in [0.15, 0.2) is 67.3 Å². The molecule has 1 aliphatic heterocycles. The Morgan fingerprint density at radius 1 is 0.970 bits per heavy atom. The van der Waals surface area contributed by atoms with Crippen LogP contribution in [0.1, 0.15) is 18.4 Å². The van der Waals surface area contributed by atoms with Crippen LogP contribution in [0.3, 0.4) is 0 Å². The maximum Gasteiger partial charge on any atom is 0.416 e. The van der Waals surface area contributed by atoms with Gasteiger partial charge in [-0.3, -0.25) is 4.79 Å². The molecule has 0 saturated carbocycles.